The Hall–Kier alpha value is 0.270. The van der Waals surface area contributed by atoms with Crippen LogP contribution in [0.15, 0.2) is 0 Å². The molecule has 1 aliphatic rings. The molecule has 1 aliphatic heterocycles. The van der Waals surface area contributed by atoms with Gasteiger partial charge in [-0.1, -0.05) is 6.92 Å². The third-order valence-electron chi connectivity index (χ3n) is 2.44. The number of rotatable bonds is 4. The Morgan fingerprint density at radius 1 is 1.42 bits per heavy atom. The number of hydrogen-bond acceptors (Lipinski definition) is 3. The monoisotopic (exact) mass is 188 g/mol. The lowest BCUT2D eigenvalue weighted by atomic mass is 10.1. The first-order valence-electron chi connectivity index (χ1n) is 4.83. The largest absolute Gasteiger partial charge is 0.330 e. The van der Waals surface area contributed by atoms with Crippen molar-refractivity contribution < 1.29 is 0 Å². The van der Waals surface area contributed by atoms with Crippen molar-refractivity contribution in [3.63, 3.8) is 0 Å². The minimum absolute atomic E-state index is 0.694. The van der Waals surface area contributed by atoms with Crippen LogP contribution in [0, 0.1) is 5.92 Å². The zero-order valence-electron chi connectivity index (χ0n) is 7.96. The van der Waals surface area contributed by atoms with Gasteiger partial charge in [0.2, 0.25) is 0 Å². The van der Waals surface area contributed by atoms with Crippen LogP contribution in [-0.2, 0) is 0 Å². The molecule has 1 saturated heterocycles. The summed E-state index contributed by atoms with van der Waals surface area (Å²) in [5.74, 6) is 3.33. The standard InChI is InChI=1S/C9H20N2S/c1-9(8-10)2-3-11-4-6-12-7-5-11/h9H,2-8,10H2,1H3. The van der Waals surface area contributed by atoms with Crippen LogP contribution < -0.4 is 5.73 Å². The van der Waals surface area contributed by atoms with Gasteiger partial charge in [0.1, 0.15) is 0 Å². The minimum atomic E-state index is 0.694. The fourth-order valence-corrected chi connectivity index (χ4v) is 2.32. The molecule has 72 valence electrons. The summed E-state index contributed by atoms with van der Waals surface area (Å²) in [6, 6.07) is 0. The molecule has 12 heavy (non-hydrogen) atoms. The van der Waals surface area contributed by atoms with Crippen LogP contribution in [0.3, 0.4) is 0 Å². The van der Waals surface area contributed by atoms with Crippen molar-refractivity contribution >= 4 is 11.8 Å². The van der Waals surface area contributed by atoms with E-state index in [1.807, 2.05) is 0 Å². The molecule has 0 aromatic carbocycles. The van der Waals surface area contributed by atoms with Gasteiger partial charge in [-0.25, -0.2) is 0 Å². The summed E-state index contributed by atoms with van der Waals surface area (Å²) < 4.78 is 0. The summed E-state index contributed by atoms with van der Waals surface area (Å²) in [4.78, 5) is 2.56. The summed E-state index contributed by atoms with van der Waals surface area (Å²) in [6.07, 6.45) is 1.27. The number of hydrogen-bond donors (Lipinski definition) is 1. The fraction of sp³-hybridized carbons (Fsp3) is 1.00. The minimum Gasteiger partial charge on any atom is -0.330 e. The quantitative estimate of drug-likeness (QED) is 0.714. The second kappa shape index (κ2) is 5.84. The number of thioether (sulfide) groups is 1. The molecule has 1 rings (SSSR count). The van der Waals surface area contributed by atoms with E-state index >= 15 is 0 Å². The van der Waals surface area contributed by atoms with E-state index in [2.05, 4.69) is 23.6 Å². The molecule has 1 atom stereocenters. The molecule has 0 bridgehead atoms. The Balaban J connectivity index is 2.05. The maximum absolute atomic E-state index is 5.57. The van der Waals surface area contributed by atoms with Gasteiger partial charge >= 0.3 is 0 Å². The second-order valence-corrected chi connectivity index (χ2v) is 4.81. The van der Waals surface area contributed by atoms with E-state index in [-0.39, 0.29) is 0 Å². The van der Waals surface area contributed by atoms with E-state index in [4.69, 9.17) is 5.73 Å². The zero-order chi connectivity index (χ0) is 8.81. The average Bonchev–Trinajstić information content (AvgIpc) is 2.16. The lowest BCUT2D eigenvalue weighted by molar-refractivity contribution is 0.280. The van der Waals surface area contributed by atoms with Crippen LogP contribution in [0.25, 0.3) is 0 Å². The average molecular weight is 188 g/mol. The van der Waals surface area contributed by atoms with E-state index in [9.17, 15) is 0 Å². The Labute approximate surface area is 79.9 Å². The summed E-state index contributed by atoms with van der Waals surface area (Å²) in [7, 11) is 0. The molecule has 0 saturated carbocycles. The van der Waals surface area contributed by atoms with Crippen LogP contribution in [0.2, 0.25) is 0 Å². The summed E-state index contributed by atoms with van der Waals surface area (Å²) in [5, 5.41) is 0. The van der Waals surface area contributed by atoms with Crippen LogP contribution in [-0.4, -0.2) is 42.6 Å². The summed E-state index contributed by atoms with van der Waals surface area (Å²) >= 11 is 2.07. The molecular formula is C9H20N2S. The normalized spacial score (nSPS) is 22.5. The molecule has 1 unspecified atom stereocenters. The van der Waals surface area contributed by atoms with Gasteiger partial charge in [0, 0.05) is 24.6 Å². The van der Waals surface area contributed by atoms with Crippen molar-refractivity contribution in [2.45, 2.75) is 13.3 Å². The van der Waals surface area contributed by atoms with Gasteiger partial charge in [0.05, 0.1) is 0 Å². The molecule has 0 spiro atoms. The first-order valence-corrected chi connectivity index (χ1v) is 5.98. The highest BCUT2D eigenvalue weighted by atomic mass is 32.2. The molecule has 0 aromatic rings. The van der Waals surface area contributed by atoms with Gasteiger partial charge in [-0.3, -0.25) is 0 Å². The van der Waals surface area contributed by atoms with Crippen molar-refractivity contribution in [2.24, 2.45) is 11.7 Å². The maximum atomic E-state index is 5.57. The Kier molecular flexibility index (Phi) is 5.04. The van der Waals surface area contributed by atoms with Gasteiger partial charge in [-0.2, -0.15) is 11.8 Å². The molecule has 0 radical (unpaired) electrons. The van der Waals surface area contributed by atoms with Crippen LogP contribution in [0.4, 0.5) is 0 Å². The van der Waals surface area contributed by atoms with Gasteiger partial charge in [0.15, 0.2) is 0 Å². The molecule has 1 heterocycles. The lowest BCUT2D eigenvalue weighted by Crippen LogP contribution is -2.34. The molecule has 1 fully saturated rings. The number of nitrogens with two attached hydrogens (primary N) is 1. The summed E-state index contributed by atoms with van der Waals surface area (Å²) in [5.41, 5.74) is 5.57. The molecule has 0 amide bonds. The van der Waals surface area contributed by atoms with Crippen LogP contribution in [0.5, 0.6) is 0 Å². The fourth-order valence-electron chi connectivity index (χ4n) is 1.35. The van der Waals surface area contributed by atoms with Crippen molar-refractivity contribution in [2.75, 3.05) is 37.7 Å². The van der Waals surface area contributed by atoms with Gasteiger partial charge in [0.25, 0.3) is 0 Å². The van der Waals surface area contributed by atoms with Crippen molar-refractivity contribution in [3.05, 3.63) is 0 Å². The third kappa shape index (κ3) is 3.78. The molecule has 2 N–H and O–H groups in total. The van der Waals surface area contributed by atoms with Gasteiger partial charge in [-0.05, 0) is 25.4 Å². The SMILES string of the molecule is CC(CN)CCN1CCSCC1. The Morgan fingerprint density at radius 3 is 2.67 bits per heavy atom. The van der Waals surface area contributed by atoms with Crippen LogP contribution >= 0.6 is 11.8 Å². The lowest BCUT2D eigenvalue weighted by Gasteiger charge is -2.26. The maximum Gasteiger partial charge on any atom is 0.00727 e. The summed E-state index contributed by atoms with van der Waals surface area (Å²) in [6.45, 7) is 6.88. The third-order valence-corrected chi connectivity index (χ3v) is 3.39. The van der Waals surface area contributed by atoms with Gasteiger partial charge in [-0.15, -0.1) is 0 Å². The van der Waals surface area contributed by atoms with Crippen molar-refractivity contribution in [3.8, 4) is 0 Å². The molecule has 0 aliphatic carbocycles. The highest BCUT2D eigenvalue weighted by Crippen LogP contribution is 2.10. The smallest absolute Gasteiger partial charge is 0.00727 e. The van der Waals surface area contributed by atoms with Crippen LogP contribution in [0.1, 0.15) is 13.3 Å². The molecule has 2 nitrogen and oxygen atoms in total. The molecular weight excluding hydrogens is 168 g/mol. The highest BCUT2D eigenvalue weighted by Gasteiger charge is 2.10. The topological polar surface area (TPSA) is 29.3 Å². The van der Waals surface area contributed by atoms with Gasteiger partial charge < -0.3 is 10.6 Å². The van der Waals surface area contributed by atoms with E-state index in [1.165, 1.54) is 37.6 Å². The Morgan fingerprint density at radius 2 is 2.08 bits per heavy atom. The van der Waals surface area contributed by atoms with E-state index in [0.29, 0.717) is 5.92 Å². The zero-order valence-corrected chi connectivity index (χ0v) is 8.78. The van der Waals surface area contributed by atoms with E-state index in [0.717, 1.165) is 6.54 Å². The second-order valence-electron chi connectivity index (χ2n) is 3.58. The predicted octanol–water partition coefficient (Wildman–Crippen LogP) is 1.02. The predicted molar refractivity (Wildman–Crippen MR) is 56.6 cm³/mol. The molecule has 3 heteroatoms. The molecule has 0 aromatic heterocycles. The van der Waals surface area contributed by atoms with E-state index < -0.39 is 0 Å². The van der Waals surface area contributed by atoms with E-state index in [1.54, 1.807) is 0 Å². The first kappa shape index (κ1) is 10.4. The Bertz CT molecular complexity index is 113. The van der Waals surface area contributed by atoms with Crippen molar-refractivity contribution in [1.82, 2.24) is 4.90 Å². The first-order chi connectivity index (χ1) is 5.83. The number of nitrogens with zero attached hydrogens (tertiary/aromatic N) is 1. The highest BCUT2D eigenvalue weighted by molar-refractivity contribution is 7.99. The van der Waals surface area contributed by atoms with Crippen molar-refractivity contribution in [1.29, 1.82) is 0 Å².